The Morgan fingerprint density at radius 2 is 2.13 bits per heavy atom. The van der Waals surface area contributed by atoms with Crippen LogP contribution in [0, 0.1) is 23.0 Å². The summed E-state index contributed by atoms with van der Waals surface area (Å²) < 4.78 is 32.8. The van der Waals surface area contributed by atoms with Crippen molar-refractivity contribution in [3.05, 3.63) is 51.8 Å². The van der Waals surface area contributed by atoms with Crippen LogP contribution in [-0.4, -0.2) is 42.1 Å². The van der Waals surface area contributed by atoms with Crippen LogP contribution in [0.4, 0.5) is 14.5 Å². The maximum atomic E-state index is 14.1. The molecule has 7 heteroatoms. The molecule has 3 aliphatic rings. The number of anilines is 1. The van der Waals surface area contributed by atoms with Crippen molar-refractivity contribution in [3.63, 3.8) is 0 Å². The van der Waals surface area contributed by atoms with Crippen LogP contribution < -0.4 is 47.3 Å². The number of halogens is 4. The summed E-state index contributed by atoms with van der Waals surface area (Å²) in [5.41, 5.74) is 1.54. The first kappa shape index (κ1) is 23.4. The Hall–Kier alpha value is -0.710. The molecule has 1 N–H and O–H groups in total. The molecule has 0 bridgehead atoms. The zero-order chi connectivity index (χ0) is 22.2. The van der Waals surface area contributed by atoms with Gasteiger partial charge in [-0.1, -0.05) is 0 Å². The Morgan fingerprint density at radius 3 is 2.77 bits per heavy atom. The molecule has 3 saturated heterocycles. The molecule has 0 amide bonds. The second kappa shape index (κ2) is 9.65. The molecular formula is C24H31F2I2N3-2. The predicted molar refractivity (Wildman–Crippen MR) is 115 cm³/mol. The molecule has 0 radical (unpaired) electrons. The molecule has 3 heterocycles. The monoisotopic (exact) mass is 653 g/mol. The SMILES string of the molecule is C=C1CCCC2(CCN(C(=N)/C=C(\[I-]CC)C3C[I-]3)CC2C)N1c1ccc(F)c(F)c1. The zero-order valence-electron chi connectivity index (χ0n) is 18.2. The fourth-order valence-corrected chi connectivity index (χ4v) is 11.6. The normalized spacial score (nSPS) is 29.3. The molecule has 3 unspecified atom stereocenters. The minimum atomic E-state index is -0.813. The van der Waals surface area contributed by atoms with Crippen molar-refractivity contribution in [1.82, 2.24) is 4.90 Å². The molecule has 3 aliphatic heterocycles. The van der Waals surface area contributed by atoms with Gasteiger partial charge in [0.2, 0.25) is 0 Å². The van der Waals surface area contributed by atoms with E-state index in [0.717, 1.165) is 48.4 Å². The number of piperidine rings is 2. The summed E-state index contributed by atoms with van der Waals surface area (Å²) in [7, 11) is 0. The average molecular weight is 653 g/mol. The predicted octanol–water partition coefficient (Wildman–Crippen LogP) is -1.01. The van der Waals surface area contributed by atoms with Gasteiger partial charge in [0.25, 0.3) is 0 Å². The summed E-state index contributed by atoms with van der Waals surface area (Å²) in [4.78, 5) is 4.43. The van der Waals surface area contributed by atoms with Gasteiger partial charge in [-0.2, -0.15) is 0 Å². The minimum absolute atomic E-state index is 0.0822. The standard InChI is InChI=1S/C24H31F2I2N3/c1-4-27-21(22-14-28-22)13-23(29)30-11-10-24(16(2)15-30)9-5-6-17(3)31(24)18-7-8-19(25)20(26)12-18/h7-8,12-13,16,22,29H,3-6,9-11,14-15H2,1-2H3/q-2/b21-13-,29-23?. The first-order chi connectivity index (χ1) is 14.9. The zero-order valence-corrected chi connectivity index (χ0v) is 22.5. The fraction of sp³-hybridized carbons (Fsp3) is 0.542. The number of hydrogen-bond donors (Lipinski definition) is 1. The van der Waals surface area contributed by atoms with E-state index in [9.17, 15) is 8.78 Å². The van der Waals surface area contributed by atoms with E-state index < -0.39 is 11.6 Å². The first-order valence-electron chi connectivity index (χ1n) is 11.0. The number of allylic oxidation sites excluding steroid dienone is 2. The summed E-state index contributed by atoms with van der Waals surface area (Å²) in [6, 6.07) is 4.22. The third kappa shape index (κ3) is 4.82. The fourth-order valence-electron chi connectivity index (χ4n) is 5.07. The number of nitrogens with one attached hydrogen (secondary N) is 1. The average Bonchev–Trinajstić information content (AvgIpc) is 3.57. The van der Waals surface area contributed by atoms with Gasteiger partial charge in [0.05, 0.1) is 0 Å². The Bertz CT molecular complexity index is 899. The van der Waals surface area contributed by atoms with Crippen LogP contribution in [0.2, 0.25) is 0 Å². The third-order valence-corrected chi connectivity index (χ3v) is 13.1. The van der Waals surface area contributed by atoms with Crippen LogP contribution in [0.5, 0.6) is 0 Å². The quantitative estimate of drug-likeness (QED) is 0.191. The number of benzene rings is 1. The van der Waals surface area contributed by atoms with E-state index in [4.69, 9.17) is 5.41 Å². The second-order valence-corrected chi connectivity index (χ2v) is 15.4. The summed E-state index contributed by atoms with van der Waals surface area (Å²) in [5, 5.41) is 8.77. The second-order valence-electron chi connectivity index (χ2n) is 8.65. The molecule has 3 nitrogen and oxygen atoms in total. The first-order valence-corrected chi connectivity index (χ1v) is 16.4. The molecule has 0 saturated carbocycles. The topological polar surface area (TPSA) is 30.3 Å². The van der Waals surface area contributed by atoms with Gasteiger partial charge in [-0.25, -0.2) is 4.39 Å². The number of amidine groups is 1. The van der Waals surface area contributed by atoms with E-state index in [1.165, 1.54) is 21.0 Å². The van der Waals surface area contributed by atoms with Crippen LogP contribution in [-0.2, 0) is 0 Å². The van der Waals surface area contributed by atoms with E-state index in [0.29, 0.717) is 32.7 Å². The molecular weight excluding hydrogens is 622 g/mol. The van der Waals surface area contributed by atoms with Crippen molar-refractivity contribution in [3.8, 4) is 0 Å². The summed E-state index contributed by atoms with van der Waals surface area (Å²) in [5.74, 6) is -0.655. The van der Waals surface area contributed by atoms with Gasteiger partial charge in [0.1, 0.15) is 0 Å². The molecule has 1 spiro atoms. The molecule has 4 rings (SSSR count). The van der Waals surface area contributed by atoms with E-state index in [1.54, 1.807) is 9.65 Å². The Kier molecular flexibility index (Phi) is 7.30. The van der Waals surface area contributed by atoms with Gasteiger partial charge >= 0.3 is 202 Å². The molecule has 0 aliphatic carbocycles. The van der Waals surface area contributed by atoms with Gasteiger partial charge in [0.15, 0.2) is 0 Å². The number of rotatable bonds is 5. The van der Waals surface area contributed by atoms with E-state index in [1.807, 2.05) is 0 Å². The Labute approximate surface area is 205 Å². The summed E-state index contributed by atoms with van der Waals surface area (Å²) in [6.07, 6.45) is 6.06. The van der Waals surface area contributed by atoms with Gasteiger partial charge in [-0.15, -0.1) is 0 Å². The Balaban J connectivity index is 1.56. The van der Waals surface area contributed by atoms with Crippen LogP contribution in [0.15, 0.2) is 40.1 Å². The molecule has 0 aromatic heterocycles. The number of alkyl halides is 3. The van der Waals surface area contributed by atoms with Crippen molar-refractivity contribution < 1.29 is 51.2 Å². The van der Waals surface area contributed by atoms with E-state index in [2.05, 4.69) is 36.3 Å². The third-order valence-electron chi connectivity index (χ3n) is 6.74. The van der Waals surface area contributed by atoms with Crippen molar-refractivity contribution >= 4 is 11.5 Å². The number of likely N-dealkylation sites (tertiary alicyclic amines) is 1. The van der Waals surface area contributed by atoms with Crippen molar-refractivity contribution in [1.29, 1.82) is 5.41 Å². The van der Waals surface area contributed by atoms with Crippen LogP contribution >= 0.6 is 0 Å². The summed E-state index contributed by atoms with van der Waals surface area (Å²) >= 11 is 0.456. The van der Waals surface area contributed by atoms with Gasteiger partial charge in [-0.05, 0) is 0 Å². The number of hydrogen-bond acceptors (Lipinski definition) is 2. The maximum absolute atomic E-state index is 14.1. The van der Waals surface area contributed by atoms with Gasteiger partial charge in [-0.3, -0.25) is 0 Å². The molecule has 1 aromatic rings. The molecule has 3 atom stereocenters. The molecule has 31 heavy (non-hydrogen) atoms. The van der Waals surface area contributed by atoms with Crippen LogP contribution in [0.1, 0.15) is 39.5 Å². The van der Waals surface area contributed by atoms with Crippen molar-refractivity contribution in [2.45, 2.75) is 49.0 Å². The molecule has 172 valence electrons. The van der Waals surface area contributed by atoms with Gasteiger partial charge in [0, 0.05) is 0 Å². The van der Waals surface area contributed by atoms with Crippen LogP contribution in [0.25, 0.3) is 0 Å². The molecule has 1 aromatic carbocycles. The Morgan fingerprint density at radius 1 is 1.35 bits per heavy atom. The summed E-state index contributed by atoms with van der Waals surface area (Å²) in [6.45, 7) is 10.5. The molecule has 3 fully saturated rings. The van der Waals surface area contributed by atoms with E-state index >= 15 is 0 Å². The van der Waals surface area contributed by atoms with Crippen LogP contribution in [0.3, 0.4) is 0 Å². The van der Waals surface area contributed by atoms with Crippen molar-refractivity contribution in [2.75, 3.05) is 26.8 Å². The van der Waals surface area contributed by atoms with E-state index in [-0.39, 0.29) is 32.7 Å². The van der Waals surface area contributed by atoms with Crippen molar-refractivity contribution in [2.24, 2.45) is 5.92 Å². The number of nitrogens with zero attached hydrogens (tertiary/aromatic N) is 2. The van der Waals surface area contributed by atoms with Gasteiger partial charge < -0.3 is 0 Å².